The lowest BCUT2D eigenvalue weighted by Crippen LogP contribution is -2.50. The molecule has 0 bridgehead atoms. The number of likely N-dealkylation sites (tertiary alicyclic amines) is 1. The van der Waals surface area contributed by atoms with E-state index in [1.807, 2.05) is 69.3 Å². The van der Waals surface area contributed by atoms with Gasteiger partial charge in [0, 0.05) is 44.0 Å². The van der Waals surface area contributed by atoms with E-state index in [2.05, 4.69) is 12.2 Å². The fourth-order valence-electron chi connectivity index (χ4n) is 5.31. The van der Waals surface area contributed by atoms with Crippen LogP contribution in [0.1, 0.15) is 55.5 Å². The number of piperidine rings is 1. The van der Waals surface area contributed by atoms with Crippen LogP contribution in [0.25, 0.3) is 0 Å². The Kier molecular flexibility index (Phi) is 7.84. The number of para-hydroxylation sites is 1. The minimum Gasteiger partial charge on any atom is -0.339 e. The van der Waals surface area contributed by atoms with Gasteiger partial charge >= 0.3 is 6.03 Å². The second-order valence-corrected chi connectivity index (χ2v) is 11.0. The zero-order valence-corrected chi connectivity index (χ0v) is 22.1. The van der Waals surface area contributed by atoms with Crippen LogP contribution in [0, 0.1) is 0 Å². The van der Waals surface area contributed by atoms with Crippen LogP contribution < -0.4 is 5.32 Å². The van der Waals surface area contributed by atoms with Crippen molar-refractivity contribution in [1.82, 2.24) is 14.7 Å². The highest BCUT2D eigenvalue weighted by Crippen LogP contribution is 2.45. The maximum Gasteiger partial charge on any atom is 0.322 e. The van der Waals surface area contributed by atoms with Crippen molar-refractivity contribution in [3.63, 3.8) is 0 Å². The molecule has 1 atom stereocenters. The van der Waals surface area contributed by atoms with E-state index in [9.17, 15) is 14.4 Å². The number of fused-ring (bicyclic) bond motifs is 1. The van der Waals surface area contributed by atoms with Crippen molar-refractivity contribution in [2.45, 2.75) is 57.0 Å². The summed E-state index contributed by atoms with van der Waals surface area (Å²) in [5.41, 5.74) is 3.06. The molecule has 7 nitrogen and oxygen atoms in total. The van der Waals surface area contributed by atoms with Gasteiger partial charge in [0.15, 0.2) is 0 Å². The number of thioether (sulfide) groups is 1. The molecule has 2 aromatic carbocycles. The smallest absolute Gasteiger partial charge is 0.322 e. The van der Waals surface area contributed by atoms with Gasteiger partial charge in [0.1, 0.15) is 5.37 Å². The van der Waals surface area contributed by atoms with E-state index in [0.717, 1.165) is 48.9 Å². The first-order valence-corrected chi connectivity index (χ1v) is 14.1. The molecule has 0 aromatic heterocycles. The van der Waals surface area contributed by atoms with Gasteiger partial charge in [-0.2, -0.15) is 0 Å². The molecular weight excluding hydrogens is 484 g/mol. The molecular formula is C29H34N4O3S. The van der Waals surface area contributed by atoms with E-state index in [-0.39, 0.29) is 29.3 Å². The molecule has 3 heterocycles. The highest BCUT2D eigenvalue weighted by molar-refractivity contribution is 8.04. The second-order valence-electron chi connectivity index (χ2n) is 9.87. The van der Waals surface area contributed by atoms with Gasteiger partial charge in [-0.05, 0) is 36.5 Å². The predicted molar refractivity (Wildman–Crippen MR) is 147 cm³/mol. The van der Waals surface area contributed by atoms with Crippen molar-refractivity contribution in [3.05, 3.63) is 76.7 Å². The maximum atomic E-state index is 13.3. The average molecular weight is 519 g/mol. The number of anilines is 1. The van der Waals surface area contributed by atoms with E-state index in [0.29, 0.717) is 31.1 Å². The Morgan fingerprint density at radius 1 is 1.03 bits per heavy atom. The van der Waals surface area contributed by atoms with Crippen molar-refractivity contribution in [3.8, 4) is 0 Å². The molecule has 1 N–H and O–H groups in total. The molecule has 1 unspecified atom stereocenters. The minimum atomic E-state index is -0.120. The van der Waals surface area contributed by atoms with Crippen molar-refractivity contribution in [1.29, 1.82) is 0 Å². The van der Waals surface area contributed by atoms with Gasteiger partial charge in [-0.15, -0.1) is 0 Å². The summed E-state index contributed by atoms with van der Waals surface area (Å²) in [6.07, 6.45) is 6.10. The first-order chi connectivity index (χ1) is 18.0. The Morgan fingerprint density at radius 3 is 2.51 bits per heavy atom. The molecule has 0 aliphatic carbocycles. The summed E-state index contributed by atoms with van der Waals surface area (Å²) in [5.74, 6) is -0.174. The van der Waals surface area contributed by atoms with Gasteiger partial charge < -0.3 is 20.0 Å². The van der Waals surface area contributed by atoms with Crippen LogP contribution in [0.5, 0.6) is 0 Å². The molecule has 2 saturated heterocycles. The highest BCUT2D eigenvalue weighted by Gasteiger charge is 2.38. The van der Waals surface area contributed by atoms with Crippen LogP contribution in [-0.4, -0.2) is 58.2 Å². The monoisotopic (exact) mass is 518 g/mol. The molecule has 0 saturated carbocycles. The molecule has 2 fully saturated rings. The fraction of sp³-hybridized carbons (Fsp3) is 0.414. The molecule has 3 aliphatic heterocycles. The normalized spacial score (nSPS) is 21.4. The summed E-state index contributed by atoms with van der Waals surface area (Å²) in [5, 5.41) is 2.89. The Bertz CT molecular complexity index is 1180. The molecule has 3 aliphatic rings. The SMILES string of the molecule is CCCCCN1C(=O)C(=CC(=O)N2CCC(N3Cc4ccccc4NC3=O)CC2)SC1c1ccccc1. The van der Waals surface area contributed by atoms with Crippen molar-refractivity contribution < 1.29 is 14.4 Å². The van der Waals surface area contributed by atoms with Crippen LogP contribution in [0.2, 0.25) is 0 Å². The Labute approximate surface area is 222 Å². The Morgan fingerprint density at radius 2 is 1.76 bits per heavy atom. The third-order valence-corrected chi connectivity index (χ3v) is 8.71. The van der Waals surface area contributed by atoms with Crippen molar-refractivity contribution in [2.24, 2.45) is 0 Å². The first-order valence-electron chi connectivity index (χ1n) is 13.2. The summed E-state index contributed by atoms with van der Waals surface area (Å²) < 4.78 is 0. The number of unbranched alkanes of at least 4 members (excludes halogenated alkanes) is 2. The lowest BCUT2D eigenvalue weighted by molar-refractivity contribution is -0.129. The highest BCUT2D eigenvalue weighted by atomic mass is 32.2. The van der Waals surface area contributed by atoms with Gasteiger partial charge in [0.2, 0.25) is 5.91 Å². The van der Waals surface area contributed by atoms with Gasteiger partial charge in [-0.1, -0.05) is 80.1 Å². The lowest BCUT2D eigenvalue weighted by Gasteiger charge is -2.40. The van der Waals surface area contributed by atoms with Crippen LogP contribution >= 0.6 is 11.8 Å². The van der Waals surface area contributed by atoms with E-state index in [1.54, 1.807) is 0 Å². The quantitative estimate of drug-likeness (QED) is 0.395. The zero-order chi connectivity index (χ0) is 25.8. The molecule has 8 heteroatoms. The van der Waals surface area contributed by atoms with Crippen molar-refractivity contribution in [2.75, 3.05) is 25.0 Å². The first kappa shape index (κ1) is 25.4. The van der Waals surface area contributed by atoms with E-state index in [1.165, 1.54) is 17.8 Å². The second kappa shape index (κ2) is 11.4. The number of carbonyl (C=O) groups excluding carboxylic acids is 3. The van der Waals surface area contributed by atoms with Gasteiger partial charge in [-0.3, -0.25) is 9.59 Å². The maximum absolute atomic E-state index is 13.3. The number of hydrogen-bond acceptors (Lipinski definition) is 4. The number of nitrogens with one attached hydrogen (secondary N) is 1. The summed E-state index contributed by atoms with van der Waals surface area (Å²) in [7, 11) is 0. The molecule has 4 amide bonds. The number of urea groups is 1. The average Bonchev–Trinajstić information content (AvgIpc) is 3.23. The molecule has 194 valence electrons. The Balaban J connectivity index is 1.22. The number of nitrogens with zero attached hydrogens (tertiary/aromatic N) is 3. The Hall–Kier alpha value is -3.26. The predicted octanol–water partition coefficient (Wildman–Crippen LogP) is 5.37. The van der Waals surface area contributed by atoms with E-state index in [4.69, 9.17) is 0 Å². The zero-order valence-electron chi connectivity index (χ0n) is 21.3. The van der Waals surface area contributed by atoms with E-state index >= 15 is 0 Å². The van der Waals surface area contributed by atoms with Crippen LogP contribution in [0.4, 0.5) is 10.5 Å². The standard InChI is InChI=1S/C29H34N4O3S/c1-2-3-9-16-32-27(35)25(37-28(32)21-10-5-4-6-11-21)19-26(34)31-17-14-23(15-18-31)33-20-22-12-7-8-13-24(22)30-29(33)36/h4-8,10-13,19,23,28H,2-3,9,14-18,20H2,1H3,(H,30,36). The summed E-state index contributed by atoms with van der Waals surface area (Å²) in [6.45, 7) is 4.57. The third-order valence-electron chi connectivity index (χ3n) is 7.41. The van der Waals surface area contributed by atoms with Gasteiger partial charge in [0.05, 0.1) is 4.91 Å². The fourth-order valence-corrected chi connectivity index (χ4v) is 6.56. The minimum absolute atomic E-state index is 0.0538. The molecule has 0 radical (unpaired) electrons. The number of amides is 4. The molecule has 5 rings (SSSR count). The molecule has 2 aromatic rings. The number of benzene rings is 2. The van der Waals surface area contributed by atoms with Crippen LogP contribution in [0.3, 0.4) is 0 Å². The topological polar surface area (TPSA) is 73.0 Å². The number of rotatable bonds is 7. The lowest BCUT2D eigenvalue weighted by atomic mass is 10.0. The summed E-state index contributed by atoms with van der Waals surface area (Å²) >= 11 is 1.48. The van der Waals surface area contributed by atoms with Gasteiger partial charge in [0.25, 0.3) is 5.91 Å². The number of hydrogen-bond donors (Lipinski definition) is 1. The largest absolute Gasteiger partial charge is 0.339 e. The molecule has 37 heavy (non-hydrogen) atoms. The number of carbonyl (C=O) groups is 3. The van der Waals surface area contributed by atoms with Gasteiger partial charge in [-0.25, -0.2) is 4.79 Å². The molecule has 0 spiro atoms. The third kappa shape index (κ3) is 5.54. The van der Waals surface area contributed by atoms with Crippen molar-refractivity contribution >= 4 is 35.3 Å². The van der Waals surface area contributed by atoms with E-state index < -0.39 is 0 Å². The van der Waals surface area contributed by atoms with Crippen LogP contribution in [0.15, 0.2) is 65.6 Å². The van der Waals surface area contributed by atoms with Crippen LogP contribution in [-0.2, 0) is 16.1 Å². The summed E-state index contributed by atoms with van der Waals surface area (Å²) in [4.78, 5) is 45.3. The summed E-state index contributed by atoms with van der Waals surface area (Å²) in [6, 6.07) is 17.9.